The van der Waals surface area contributed by atoms with E-state index in [1.165, 1.54) is 48.7 Å². The molecule has 3 nitrogen and oxygen atoms in total. The van der Waals surface area contributed by atoms with Crippen molar-refractivity contribution in [1.82, 2.24) is 14.4 Å². The molecule has 0 radical (unpaired) electrons. The van der Waals surface area contributed by atoms with Crippen molar-refractivity contribution < 1.29 is 0 Å². The van der Waals surface area contributed by atoms with Crippen molar-refractivity contribution in [2.24, 2.45) is 0 Å². The summed E-state index contributed by atoms with van der Waals surface area (Å²) in [6.07, 6.45) is 2.09. The molecule has 0 unspecified atom stereocenters. The topological polar surface area (TPSA) is 30.2 Å². The summed E-state index contributed by atoms with van der Waals surface area (Å²) in [4.78, 5) is 10.6. The van der Waals surface area contributed by atoms with Gasteiger partial charge in [0.2, 0.25) is 0 Å². The second-order valence-electron chi connectivity index (χ2n) is 14.2. The number of hydrogen-bond acceptors (Lipinski definition) is 2. The smallest absolute Gasteiger partial charge is 0.137 e. The Labute approximate surface area is 318 Å². The van der Waals surface area contributed by atoms with Gasteiger partial charge in [-0.05, 0) is 90.6 Å². The number of imidazole rings is 1. The zero-order chi connectivity index (χ0) is 36.3. The molecule has 0 aliphatic rings. The van der Waals surface area contributed by atoms with Crippen LogP contribution in [0.4, 0.5) is 0 Å². The molecular formula is C52H33N3. The lowest BCUT2D eigenvalue weighted by molar-refractivity contribution is 1.19. The first-order chi connectivity index (χ1) is 27.3. The molecule has 0 fully saturated rings. The second kappa shape index (κ2) is 12.6. The third kappa shape index (κ3) is 5.20. The van der Waals surface area contributed by atoms with Crippen LogP contribution in [0.1, 0.15) is 0 Å². The highest BCUT2D eigenvalue weighted by molar-refractivity contribution is 6.15. The first-order valence-corrected chi connectivity index (χ1v) is 18.7. The summed E-state index contributed by atoms with van der Waals surface area (Å²) in [5.74, 6) is 0. The Morgan fingerprint density at radius 3 is 1.55 bits per heavy atom. The average Bonchev–Trinajstić information content (AvgIpc) is 3.66. The third-order valence-electron chi connectivity index (χ3n) is 11.0. The molecule has 0 N–H and O–H groups in total. The fourth-order valence-corrected chi connectivity index (χ4v) is 8.40. The van der Waals surface area contributed by atoms with Gasteiger partial charge in [-0.1, -0.05) is 158 Å². The molecule has 11 rings (SSSR count). The highest BCUT2D eigenvalue weighted by atomic mass is 15.0. The largest absolute Gasteiger partial charge is 0.299 e. The normalized spacial score (nSPS) is 11.6. The first-order valence-electron chi connectivity index (χ1n) is 18.7. The summed E-state index contributed by atoms with van der Waals surface area (Å²) in [6, 6.07) is 69.5. The quantitative estimate of drug-likeness (QED) is 0.167. The lowest BCUT2D eigenvalue weighted by atomic mass is 9.90. The molecule has 0 saturated heterocycles. The monoisotopic (exact) mass is 699 g/mol. The van der Waals surface area contributed by atoms with E-state index in [1.54, 1.807) is 0 Å². The molecule has 0 spiro atoms. The Bertz CT molecular complexity index is 3110. The summed E-state index contributed by atoms with van der Waals surface area (Å²) in [6.45, 7) is 0. The standard InChI is InChI=1S/C52H33N3/c1-2-14-35(15-3-1)51-52(55-29-13-12-24-50(55)54-51)36-27-25-34(26-28-36)48-32-39(46-30-37-16-4-6-18-40(37)42-20-8-10-22-44(42)46)33-49(53-48)47-31-38-17-5-7-19-41(38)43-21-9-11-23-45(43)47/h1-33H. The number of hydrogen-bond donors (Lipinski definition) is 0. The van der Waals surface area contributed by atoms with E-state index in [0.717, 1.165) is 56.2 Å². The van der Waals surface area contributed by atoms with Gasteiger partial charge in [0.1, 0.15) is 5.65 Å². The number of aromatic nitrogens is 3. The Morgan fingerprint density at radius 2 is 0.855 bits per heavy atom. The van der Waals surface area contributed by atoms with Gasteiger partial charge < -0.3 is 0 Å². The summed E-state index contributed by atoms with van der Waals surface area (Å²) in [5, 5.41) is 9.82. The molecule has 0 saturated carbocycles. The van der Waals surface area contributed by atoms with Gasteiger partial charge in [0, 0.05) is 28.5 Å². The van der Waals surface area contributed by atoms with Gasteiger partial charge in [0.25, 0.3) is 0 Å². The van der Waals surface area contributed by atoms with Crippen LogP contribution in [0, 0.1) is 0 Å². The van der Waals surface area contributed by atoms with Gasteiger partial charge in [-0.15, -0.1) is 0 Å². The number of benzene rings is 8. The number of pyridine rings is 2. The van der Waals surface area contributed by atoms with E-state index in [2.05, 4.69) is 193 Å². The summed E-state index contributed by atoms with van der Waals surface area (Å²) >= 11 is 0. The lowest BCUT2D eigenvalue weighted by Crippen LogP contribution is -1.94. The number of fused-ring (bicyclic) bond motifs is 7. The molecule has 0 atom stereocenters. The molecule has 0 amide bonds. The first kappa shape index (κ1) is 31.2. The van der Waals surface area contributed by atoms with Gasteiger partial charge in [-0.3, -0.25) is 4.40 Å². The van der Waals surface area contributed by atoms with Gasteiger partial charge in [-0.2, -0.15) is 0 Å². The highest BCUT2D eigenvalue weighted by Gasteiger charge is 2.18. The van der Waals surface area contributed by atoms with Crippen molar-refractivity contribution in [3.8, 4) is 56.2 Å². The van der Waals surface area contributed by atoms with Gasteiger partial charge in [-0.25, -0.2) is 9.97 Å². The summed E-state index contributed by atoms with van der Waals surface area (Å²) in [7, 11) is 0. The molecule has 3 heterocycles. The second-order valence-corrected chi connectivity index (χ2v) is 14.2. The zero-order valence-electron chi connectivity index (χ0n) is 29.9. The maximum atomic E-state index is 5.49. The Kier molecular flexibility index (Phi) is 7.17. The number of rotatable bonds is 5. The van der Waals surface area contributed by atoms with Gasteiger partial charge in [0.05, 0.1) is 22.8 Å². The molecule has 55 heavy (non-hydrogen) atoms. The molecule has 0 aliphatic carbocycles. The average molecular weight is 700 g/mol. The molecule has 11 aromatic rings. The van der Waals surface area contributed by atoms with Crippen LogP contribution in [-0.2, 0) is 0 Å². The minimum Gasteiger partial charge on any atom is -0.299 e. The molecular weight excluding hydrogens is 667 g/mol. The lowest BCUT2D eigenvalue weighted by Gasteiger charge is -2.16. The predicted molar refractivity (Wildman–Crippen MR) is 230 cm³/mol. The van der Waals surface area contributed by atoms with Crippen molar-refractivity contribution in [3.05, 3.63) is 200 Å². The maximum Gasteiger partial charge on any atom is 0.137 e. The highest BCUT2D eigenvalue weighted by Crippen LogP contribution is 2.41. The molecule has 0 aliphatic heterocycles. The van der Waals surface area contributed by atoms with E-state index in [9.17, 15) is 0 Å². The van der Waals surface area contributed by atoms with Crippen molar-refractivity contribution in [2.75, 3.05) is 0 Å². The summed E-state index contributed by atoms with van der Waals surface area (Å²) < 4.78 is 2.18. The zero-order valence-corrected chi connectivity index (χ0v) is 29.9. The predicted octanol–water partition coefficient (Wildman–Crippen LogP) is 13.7. The summed E-state index contributed by atoms with van der Waals surface area (Å²) in [5.41, 5.74) is 11.5. The van der Waals surface area contributed by atoms with E-state index in [4.69, 9.17) is 9.97 Å². The van der Waals surface area contributed by atoms with Crippen molar-refractivity contribution in [1.29, 1.82) is 0 Å². The van der Waals surface area contributed by atoms with Crippen LogP contribution in [0.5, 0.6) is 0 Å². The van der Waals surface area contributed by atoms with Gasteiger partial charge in [0.15, 0.2) is 0 Å². The van der Waals surface area contributed by atoms with Crippen LogP contribution in [0.25, 0.3) is 105 Å². The van der Waals surface area contributed by atoms with Crippen LogP contribution < -0.4 is 0 Å². The van der Waals surface area contributed by atoms with E-state index in [1.807, 2.05) is 12.1 Å². The van der Waals surface area contributed by atoms with Crippen molar-refractivity contribution in [2.45, 2.75) is 0 Å². The van der Waals surface area contributed by atoms with Crippen LogP contribution in [0.15, 0.2) is 200 Å². The molecule has 256 valence electrons. The van der Waals surface area contributed by atoms with Crippen molar-refractivity contribution in [3.63, 3.8) is 0 Å². The van der Waals surface area contributed by atoms with Crippen LogP contribution >= 0.6 is 0 Å². The van der Waals surface area contributed by atoms with Crippen LogP contribution in [0.3, 0.4) is 0 Å². The van der Waals surface area contributed by atoms with E-state index in [0.29, 0.717) is 0 Å². The molecule has 8 aromatic carbocycles. The molecule has 0 bridgehead atoms. The Morgan fingerprint density at radius 1 is 0.327 bits per heavy atom. The Hall–Kier alpha value is -7.36. The van der Waals surface area contributed by atoms with Crippen LogP contribution in [0.2, 0.25) is 0 Å². The number of nitrogens with zero attached hydrogens (tertiary/aromatic N) is 3. The van der Waals surface area contributed by atoms with Crippen molar-refractivity contribution >= 4 is 48.7 Å². The maximum absolute atomic E-state index is 5.49. The van der Waals surface area contributed by atoms with E-state index < -0.39 is 0 Å². The fourth-order valence-electron chi connectivity index (χ4n) is 8.40. The molecule has 3 heteroatoms. The van der Waals surface area contributed by atoms with Crippen LogP contribution in [-0.4, -0.2) is 14.4 Å². The SMILES string of the molecule is c1ccc(-c2nc3ccccn3c2-c2ccc(-c3cc(-c4cc5ccccc5c5ccccc45)cc(-c4cc5ccccc5c5ccccc45)n3)cc2)cc1. The minimum atomic E-state index is 0.921. The van der Waals surface area contributed by atoms with E-state index >= 15 is 0 Å². The Balaban J connectivity index is 1.14. The van der Waals surface area contributed by atoms with Gasteiger partial charge >= 0.3 is 0 Å². The minimum absolute atomic E-state index is 0.921. The molecule has 3 aromatic heterocycles. The third-order valence-corrected chi connectivity index (χ3v) is 11.0. The fraction of sp³-hybridized carbons (Fsp3) is 0. The van der Waals surface area contributed by atoms with E-state index in [-0.39, 0.29) is 0 Å².